The van der Waals surface area contributed by atoms with Crippen LogP contribution in [0.3, 0.4) is 0 Å². The molecule has 0 aliphatic carbocycles. The molecule has 0 saturated heterocycles. The van der Waals surface area contributed by atoms with Crippen LogP contribution in [0.2, 0.25) is 0 Å². The Morgan fingerprint density at radius 3 is 2.79 bits per heavy atom. The Bertz CT molecular complexity index is 1480. The van der Waals surface area contributed by atoms with E-state index in [0.29, 0.717) is 30.1 Å². The molecule has 4 heterocycles. The molecule has 1 atom stereocenters. The van der Waals surface area contributed by atoms with Gasteiger partial charge >= 0.3 is 0 Å². The van der Waals surface area contributed by atoms with Crippen LogP contribution >= 0.6 is 0 Å². The molecule has 0 saturated carbocycles. The summed E-state index contributed by atoms with van der Waals surface area (Å²) in [4.78, 5) is 18.6. The van der Waals surface area contributed by atoms with E-state index in [-0.39, 0.29) is 17.7 Å². The van der Waals surface area contributed by atoms with E-state index >= 15 is 0 Å². The van der Waals surface area contributed by atoms with Crippen LogP contribution in [-0.4, -0.2) is 44.7 Å². The number of ether oxygens (including phenoxy) is 1. The number of rotatable bonds is 6. The average Bonchev–Trinajstić information content (AvgIpc) is 3.64. The molecule has 170 valence electrons. The first kappa shape index (κ1) is 20.2. The number of furan rings is 1. The Morgan fingerprint density at radius 2 is 2.03 bits per heavy atom. The summed E-state index contributed by atoms with van der Waals surface area (Å²) in [6, 6.07) is 16.1. The number of aromatic hydroxyl groups is 1. The summed E-state index contributed by atoms with van der Waals surface area (Å²) in [5.41, 5.74) is 4.87. The summed E-state index contributed by atoms with van der Waals surface area (Å²) in [6.45, 7) is 0.489. The van der Waals surface area contributed by atoms with Gasteiger partial charge in [0.15, 0.2) is 11.5 Å². The number of carbonyl (C=O) groups excluding carboxylic acids is 1. The molecule has 1 aliphatic heterocycles. The van der Waals surface area contributed by atoms with E-state index in [4.69, 9.17) is 9.15 Å². The van der Waals surface area contributed by atoms with Crippen molar-refractivity contribution in [3.8, 4) is 23.0 Å². The van der Waals surface area contributed by atoms with Crippen molar-refractivity contribution in [3.05, 3.63) is 89.4 Å². The maximum absolute atomic E-state index is 13.5. The van der Waals surface area contributed by atoms with Crippen LogP contribution in [0, 0.1) is 0 Å². The van der Waals surface area contributed by atoms with E-state index in [1.54, 1.807) is 31.6 Å². The Kier molecular flexibility index (Phi) is 4.65. The molecule has 0 radical (unpaired) electrons. The van der Waals surface area contributed by atoms with Crippen molar-refractivity contribution in [2.24, 2.45) is 0 Å². The summed E-state index contributed by atoms with van der Waals surface area (Å²) in [5.74, 6) is 1.44. The molecule has 0 spiro atoms. The maximum atomic E-state index is 13.5. The van der Waals surface area contributed by atoms with Gasteiger partial charge in [-0.15, -0.1) is 0 Å². The van der Waals surface area contributed by atoms with Crippen molar-refractivity contribution >= 4 is 16.8 Å². The zero-order chi connectivity index (χ0) is 23.2. The van der Waals surface area contributed by atoms with Gasteiger partial charge in [-0.1, -0.05) is 12.1 Å². The minimum atomic E-state index is -0.360. The molecule has 2 aromatic carbocycles. The Labute approximate surface area is 194 Å². The minimum Gasteiger partial charge on any atom is -0.508 e. The Morgan fingerprint density at radius 1 is 1.18 bits per heavy atom. The number of fused-ring (bicyclic) bond motifs is 2. The predicted molar refractivity (Wildman–Crippen MR) is 126 cm³/mol. The first-order valence-electron chi connectivity index (χ1n) is 11.0. The normalized spacial score (nSPS) is 15.3. The van der Waals surface area contributed by atoms with E-state index in [1.165, 1.54) is 0 Å². The lowest BCUT2D eigenvalue weighted by Crippen LogP contribution is -2.31. The molecular formula is C26H22N4O4. The third-order valence-electron chi connectivity index (χ3n) is 6.43. The number of methoxy groups -OCH3 is 1. The molecule has 34 heavy (non-hydrogen) atoms. The lowest BCUT2D eigenvalue weighted by Gasteiger charge is -2.26. The molecule has 0 fully saturated rings. The number of H-pyrrole nitrogens is 2. The number of nitrogens with one attached hydrogen (secondary N) is 2. The third-order valence-corrected chi connectivity index (χ3v) is 6.43. The van der Waals surface area contributed by atoms with Crippen LogP contribution < -0.4 is 4.74 Å². The van der Waals surface area contributed by atoms with E-state index in [1.807, 2.05) is 47.5 Å². The molecule has 3 aromatic heterocycles. The number of phenols is 1. The summed E-state index contributed by atoms with van der Waals surface area (Å²) in [7, 11) is 1.65. The van der Waals surface area contributed by atoms with Gasteiger partial charge in [-0.25, -0.2) is 0 Å². The Hall–Kier alpha value is -4.46. The van der Waals surface area contributed by atoms with Crippen molar-refractivity contribution in [1.82, 2.24) is 20.1 Å². The van der Waals surface area contributed by atoms with Crippen LogP contribution in [0.5, 0.6) is 11.5 Å². The highest BCUT2D eigenvalue weighted by Gasteiger charge is 2.42. The number of nitrogens with zero attached hydrogens (tertiary/aromatic N) is 2. The highest BCUT2D eigenvalue weighted by Crippen LogP contribution is 2.43. The fraction of sp³-hybridized carbons (Fsp3) is 0.154. The SMILES string of the molecule is COc1ccc2[nH]cc(CCN3C(=O)c4n[nH]c(-c5ccco5)c4C3c3ccc(O)cc3)c2c1. The number of benzene rings is 2. The van der Waals surface area contributed by atoms with Gasteiger partial charge in [-0.2, -0.15) is 5.10 Å². The minimum absolute atomic E-state index is 0.139. The molecule has 6 rings (SSSR count). The Balaban J connectivity index is 1.39. The van der Waals surface area contributed by atoms with Crippen LogP contribution in [0.4, 0.5) is 0 Å². The topological polar surface area (TPSA) is 107 Å². The van der Waals surface area contributed by atoms with Crippen molar-refractivity contribution in [2.75, 3.05) is 13.7 Å². The van der Waals surface area contributed by atoms with Gasteiger partial charge in [0, 0.05) is 29.2 Å². The van der Waals surface area contributed by atoms with Gasteiger partial charge in [0.1, 0.15) is 17.2 Å². The van der Waals surface area contributed by atoms with Crippen molar-refractivity contribution in [3.63, 3.8) is 0 Å². The molecule has 5 aromatic rings. The molecule has 3 N–H and O–H groups in total. The average molecular weight is 454 g/mol. The summed E-state index contributed by atoms with van der Waals surface area (Å²) in [5, 5.41) is 18.2. The van der Waals surface area contributed by atoms with Gasteiger partial charge in [-0.3, -0.25) is 9.89 Å². The van der Waals surface area contributed by atoms with Crippen LogP contribution in [0.1, 0.15) is 33.2 Å². The molecule has 1 amide bonds. The number of carbonyl (C=O) groups is 1. The fourth-order valence-corrected chi connectivity index (χ4v) is 4.76. The molecule has 8 heteroatoms. The van der Waals surface area contributed by atoms with Gasteiger partial charge in [0.05, 0.1) is 19.4 Å². The monoisotopic (exact) mass is 454 g/mol. The third kappa shape index (κ3) is 3.14. The fourth-order valence-electron chi connectivity index (χ4n) is 4.76. The second-order valence-electron chi connectivity index (χ2n) is 8.31. The van der Waals surface area contributed by atoms with Gasteiger partial charge in [-0.05, 0) is 60.0 Å². The standard InChI is InChI=1S/C26H22N4O4/c1-33-18-8-9-20-19(13-18)16(14-27-20)10-11-30-25(15-4-6-17(31)7-5-15)22-23(21-3-2-12-34-21)28-29-24(22)26(30)32/h2-9,12-14,25,27,31H,10-11H2,1H3,(H,28,29). The molecule has 1 aliphatic rings. The highest BCUT2D eigenvalue weighted by molar-refractivity contribution is 6.00. The quantitative estimate of drug-likeness (QED) is 0.346. The number of aromatic nitrogens is 3. The van der Waals surface area contributed by atoms with E-state index in [2.05, 4.69) is 15.2 Å². The zero-order valence-electron chi connectivity index (χ0n) is 18.4. The van der Waals surface area contributed by atoms with Crippen molar-refractivity contribution in [2.45, 2.75) is 12.5 Å². The van der Waals surface area contributed by atoms with Gasteiger partial charge in [0.2, 0.25) is 0 Å². The second-order valence-corrected chi connectivity index (χ2v) is 8.31. The summed E-state index contributed by atoms with van der Waals surface area (Å²) >= 11 is 0. The van der Waals surface area contributed by atoms with E-state index in [9.17, 15) is 9.90 Å². The van der Waals surface area contributed by atoms with Crippen molar-refractivity contribution < 1.29 is 19.1 Å². The van der Waals surface area contributed by atoms with Crippen LogP contribution in [-0.2, 0) is 6.42 Å². The number of hydrogen-bond acceptors (Lipinski definition) is 5. The lowest BCUT2D eigenvalue weighted by atomic mass is 9.97. The smallest absolute Gasteiger partial charge is 0.275 e. The predicted octanol–water partition coefficient (Wildman–Crippen LogP) is 4.65. The van der Waals surface area contributed by atoms with Crippen LogP contribution in [0.25, 0.3) is 22.4 Å². The molecule has 1 unspecified atom stereocenters. The largest absolute Gasteiger partial charge is 0.508 e. The van der Waals surface area contributed by atoms with E-state index < -0.39 is 0 Å². The second kappa shape index (κ2) is 7.84. The maximum Gasteiger partial charge on any atom is 0.275 e. The highest BCUT2D eigenvalue weighted by atomic mass is 16.5. The first-order valence-corrected chi connectivity index (χ1v) is 11.0. The molecule has 8 nitrogen and oxygen atoms in total. The number of aromatic amines is 2. The summed E-state index contributed by atoms with van der Waals surface area (Å²) < 4.78 is 11.0. The summed E-state index contributed by atoms with van der Waals surface area (Å²) in [6.07, 6.45) is 4.23. The number of amides is 1. The molecule has 0 bridgehead atoms. The van der Waals surface area contributed by atoms with Gasteiger partial charge < -0.3 is 24.1 Å². The zero-order valence-corrected chi connectivity index (χ0v) is 18.4. The van der Waals surface area contributed by atoms with E-state index in [0.717, 1.165) is 33.3 Å². The van der Waals surface area contributed by atoms with Crippen LogP contribution in [0.15, 0.2) is 71.5 Å². The molecular weight excluding hydrogens is 432 g/mol. The number of hydrogen-bond donors (Lipinski definition) is 3. The van der Waals surface area contributed by atoms with Crippen molar-refractivity contribution in [1.29, 1.82) is 0 Å². The number of phenolic OH excluding ortho intramolecular Hbond substituents is 1. The lowest BCUT2D eigenvalue weighted by molar-refractivity contribution is 0.0746. The van der Waals surface area contributed by atoms with Gasteiger partial charge in [0.25, 0.3) is 5.91 Å². The first-order chi connectivity index (χ1) is 16.6.